The first kappa shape index (κ1) is 20.3. The minimum atomic E-state index is -0.365. The van der Waals surface area contributed by atoms with Crippen LogP contribution in [0, 0.1) is 24.7 Å². The second-order valence-electron chi connectivity index (χ2n) is 6.75. The fourth-order valence-corrected chi connectivity index (χ4v) is 3.10. The van der Waals surface area contributed by atoms with E-state index in [2.05, 4.69) is 17.2 Å². The summed E-state index contributed by atoms with van der Waals surface area (Å²) in [4.78, 5) is 26.3. The van der Waals surface area contributed by atoms with Crippen molar-refractivity contribution in [2.45, 2.75) is 13.3 Å². The van der Waals surface area contributed by atoms with Crippen molar-refractivity contribution in [2.24, 2.45) is 5.92 Å². The molecule has 1 saturated heterocycles. The lowest BCUT2D eigenvalue weighted by Crippen LogP contribution is -2.33. The minimum Gasteiger partial charge on any atom is -0.493 e. The van der Waals surface area contributed by atoms with Gasteiger partial charge in [-0.2, -0.15) is 0 Å². The maximum Gasteiger partial charge on any atom is 0.227 e. The molecule has 1 N–H and O–H groups in total. The molecule has 2 aromatic rings. The number of anilines is 1. The third-order valence-electron chi connectivity index (χ3n) is 4.69. The number of para-hydroxylation sites is 2. The molecular formula is C23H24N2O4. The van der Waals surface area contributed by atoms with Gasteiger partial charge >= 0.3 is 0 Å². The van der Waals surface area contributed by atoms with Crippen LogP contribution < -0.4 is 19.7 Å². The van der Waals surface area contributed by atoms with E-state index in [4.69, 9.17) is 9.47 Å². The Balaban J connectivity index is 1.44. The highest BCUT2D eigenvalue weighted by Crippen LogP contribution is 2.26. The fourth-order valence-electron chi connectivity index (χ4n) is 3.10. The van der Waals surface area contributed by atoms with Crippen LogP contribution in [0.3, 0.4) is 0 Å². The van der Waals surface area contributed by atoms with Gasteiger partial charge in [0.15, 0.2) is 11.5 Å². The van der Waals surface area contributed by atoms with Crippen molar-refractivity contribution in [1.82, 2.24) is 5.32 Å². The van der Waals surface area contributed by atoms with Crippen molar-refractivity contribution in [1.29, 1.82) is 0 Å². The zero-order valence-corrected chi connectivity index (χ0v) is 16.6. The highest BCUT2D eigenvalue weighted by Gasteiger charge is 2.34. The molecule has 1 aliphatic rings. The third-order valence-corrected chi connectivity index (χ3v) is 4.69. The number of nitrogens with one attached hydrogen (secondary N) is 1. The molecule has 1 unspecified atom stereocenters. The summed E-state index contributed by atoms with van der Waals surface area (Å²) in [5.41, 5.74) is 1.95. The van der Waals surface area contributed by atoms with Crippen molar-refractivity contribution in [2.75, 3.05) is 31.7 Å². The fraction of sp³-hybridized carbons (Fsp3) is 0.304. The Hall–Kier alpha value is -3.46. The summed E-state index contributed by atoms with van der Waals surface area (Å²) in [6.07, 6.45) is 0.212. The van der Waals surface area contributed by atoms with Gasteiger partial charge in [-0.05, 0) is 31.2 Å². The lowest BCUT2D eigenvalue weighted by atomic mass is 10.1. The first-order valence-corrected chi connectivity index (χ1v) is 9.44. The molecule has 2 aromatic carbocycles. The van der Waals surface area contributed by atoms with Crippen LogP contribution in [0.15, 0.2) is 48.5 Å². The molecule has 150 valence electrons. The largest absolute Gasteiger partial charge is 0.493 e. The normalized spacial score (nSPS) is 15.4. The Labute approximate surface area is 170 Å². The molecule has 1 heterocycles. The predicted octanol–water partition coefficient (Wildman–Crippen LogP) is 2.56. The molecule has 1 aliphatic heterocycles. The number of carbonyl (C=O) groups excluding carboxylic acids is 2. The smallest absolute Gasteiger partial charge is 0.227 e. The van der Waals surface area contributed by atoms with Gasteiger partial charge in [0, 0.05) is 18.7 Å². The molecule has 3 rings (SSSR count). The Kier molecular flexibility index (Phi) is 6.75. The second kappa shape index (κ2) is 9.65. The van der Waals surface area contributed by atoms with Crippen molar-refractivity contribution < 1.29 is 19.1 Å². The van der Waals surface area contributed by atoms with E-state index in [-0.39, 0.29) is 37.3 Å². The van der Waals surface area contributed by atoms with Gasteiger partial charge in [-0.15, -0.1) is 0 Å². The number of carbonyl (C=O) groups is 2. The van der Waals surface area contributed by atoms with Crippen LogP contribution >= 0.6 is 0 Å². The maximum absolute atomic E-state index is 12.4. The molecule has 0 spiro atoms. The van der Waals surface area contributed by atoms with Gasteiger partial charge < -0.3 is 19.7 Å². The maximum atomic E-state index is 12.4. The Bertz CT molecular complexity index is 928. The topological polar surface area (TPSA) is 67.9 Å². The van der Waals surface area contributed by atoms with Gasteiger partial charge in [-0.1, -0.05) is 41.7 Å². The van der Waals surface area contributed by atoms with Crippen LogP contribution in [0.1, 0.15) is 12.0 Å². The van der Waals surface area contributed by atoms with E-state index in [1.54, 1.807) is 18.1 Å². The average Bonchev–Trinajstić information content (AvgIpc) is 3.13. The quantitative estimate of drug-likeness (QED) is 0.768. The average molecular weight is 392 g/mol. The Morgan fingerprint density at radius 2 is 1.86 bits per heavy atom. The highest BCUT2D eigenvalue weighted by atomic mass is 16.5. The molecule has 1 atom stereocenters. The number of ether oxygens (including phenoxy) is 2. The van der Waals surface area contributed by atoms with Crippen LogP contribution in [-0.4, -0.2) is 38.6 Å². The first-order chi connectivity index (χ1) is 14.1. The third kappa shape index (κ3) is 5.29. The summed E-state index contributed by atoms with van der Waals surface area (Å²) in [5.74, 6) is 6.42. The van der Waals surface area contributed by atoms with Crippen LogP contribution in [0.5, 0.6) is 11.5 Å². The summed E-state index contributed by atoms with van der Waals surface area (Å²) in [7, 11) is 1.58. The minimum absolute atomic E-state index is 0.0368. The molecule has 1 fully saturated rings. The zero-order valence-electron chi connectivity index (χ0n) is 16.6. The number of hydrogen-bond donors (Lipinski definition) is 1. The van der Waals surface area contributed by atoms with Crippen molar-refractivity contribution in [3.05, 3.63) is 54.1 Å². The van der Waals surface area contributed by atoms with Gasteiger partial charge in [0.25, 0.3) is 0 Å². The lowest BCUT2D eigenvalue weighted by molar-refractivity contribution is -0.126. The zero-order chi connectivity index (χ0) is 20.6. The number of benzene rings is 2. The molecular weight excluding hydrogens is 368 g/mol. The van der Waals surface area contributed by atoms with E-state index in [0.29, 0.717) is 18.0 Å². The van der Waals surface area contributed by atoms with Crippen LogP contribution in [0.25, 0.3) is 0 Å². The van der Waals surface area contributed by atoms with E-state index in [1.807, 2.05) is 49.4 Å². The molecule has 6 nitrogen and oxygen atoms in total. The predicted molar refractivity (Wildman–Crippen MR) is 111 cm³/mol. The second-order valence-corrected chi connectivity index (χ2v) is 6.75. The van der Waals surface area contributed by atoms with Gasteiger partial charge in [0.2, 0.25) is 11.8 Å². The molecule has 0 aliphatic carbocycles. The number of aryl methyl sites for hydroxylation is 1. The molecule has 0 aromatic heterocycles. The van der Waals surface area contributed by atoms with Gasteiger partial charge in [0.05, 0.1) is 19.6 Å². The van der Waals surface area contributed by atoms with E-state index >= 15 is 0 Å². The first-order valence-electron chi connectivity index (χ1n) is 9.44. The lowest BCUT2D eigenvalue weighted by Gasteiger charge is -2.16. The number of rotatable bonds is 6. The monoisotopic (exact) mass is 392 g/mol. The standard InChI is InChI=1S/C23H24N2O4/c1-17-9-11-19(12-10-17)25-16-18(15-22(25)26)23(27)24-13-5-6-14-29-21-8-4-3-7-20(21)28-2/h3-4,7-12,18H,13-16H2,1-2H3,(H,24,27). The molecule has 0 saturated carbocycles. The molecule has 2 amide bonds. The van der Waals surface area contributed by atoms with E-state index < -0.39 is 0 Å². The SMILES string of the molecule is COc1ccccc1OCC#CCNC(=O)C1CC(=O)N(c2ccc(C)cc2)C1. The van der Waals surface area contributed by atoms with Crippen molar-refractivity contribution in [3.8, 4) is 23.3 Å². The van der Waals surface area contributed by atoms with E-state index in [0.717, 1.165) is 11.3 Å². The van der Waals surface area contributed by atoms with Crippen molar-refractivity contribution >= 4 is 17.5 Å². The van der Waals surface area contributed by atoms with Gasteiger partial charge in [-0.25, -0.2) is 0 Å². The van der Waals surface area contributed by atoms with Crippen LogP contribution in [0.4, 0.5) is 5.69 Å². The number of methoxy groups -OCH3 is 1. The molecule has 0 bridgehead atoms. The Morgan fingerprint density at radius 1 is 1.14 bits per heavy atom. The molecule has 29 heavy (non-hydrogen) atoms. The van der Waals surface area contributed by atoms with Crippen LogP contribution in [0.2, 0.25) is 0 Å². The number of hydrogen-bond acceptors (Lipinski definition) is 4. The van der Waals surface area contributed by atoms with E-state index in [9.17, 15) is 9.59 Å². The number of nitrogens with zero attached hydrogens (tertiary/aromatic N) is 1. The summed E-state index contributed by atoms with van der Waals surface area (Å²) < 4.78 is 10.8. The van der Waals surface area contributed by atoms with Gasteiger partial charge in [0.1, 0.15) is 6.61 Å². The Morgan fingerprint density at radius 3 is 2.59 bits per heavy atom. The summed E-state index contributed by atoms with van der Waals surface area (Å²) in [6, 6.07) is 15.1. The summed E-state index contributed by atoms with van der Waals surface area (Å²) in [6.45, 7) is 2.79. The van der Waals surface area contributed by atoms with E-state index in [1.165, 1.54) is 0 Å². The van der Waals surface area contributed by atoms with Gasteiger partial charge in [-0.3, -0.25) is 9.59 Å². The molecule has 0 radical (unpaired) electrons. The summed E-state index contributed by atoms with van der Waals surface area (Å²) >= 11 is 0. The van der Waals surface area contributed by atoms with Crippen LogP contribution in [-0.2, 0) is 9.59 Å². The number of amides is 2. The highest BCUT2D eigenvalue weighted by molar-refractivity contribution is 6.00. The summed E-state index contributed by atoms with van der Waals surface area (Å²) in [5, 5.41) is 2.78. The van der Waals surface area contributed by atoms with Crippen molar-refractivity contribution in [3.63, 3.8) is 0 Å². The molecule has 6 heteroatoms.